The highest BCUT2D eigenvalue weighted by atomic mass is 32.2. The zero-order chi connectivity index (χ0) is 19.7. The van der Waals surface area contributed by atoms with Gasteiger partial charge in [0.2, 0.25) is 5.91 Å². The van der Waals surface area contributed by atoms with Crippen molar-refractivity contribution in [3.8, 4) is 0 Å². The van der Waals surface area contributed by atoms with Crippen LogP contribution in [-0.2, 0) is 24.1 Å². The minimum Gasteiger partial charge on any atom is -0.467 e. The van der Waals surface area contributed by atoms with Crippen LogP contribution >= 0.6 is 11.8 Å². The number of alkyl halides is 3. The average Bonchev–Trinajstić information content (AvgIpc) is 3.38. The standard InChI is InChI=1S/C18H15F3N4O2S/c19-18(20,21)13-5-3-12(4-6-13)8-24-10-15(22-23-24)17-25(16(26)11-28-17)9-14-2-1-7-27-14/h1-7,10,17H,8-9,11H2/t17-/m1/s1. The van der Waals surface area contributed by atoms with E-state index in [9.17, 15) is 18.0 Å². The van der Waals surface area contributed by atoms with Crippen molar-refractivity contribution in [3.05, 3.63) is 71.4 Å². The molecule has 10 heteroatoms. The van der Waals surface area contributed by atoms with Crippen LogP contribution in [0.2, 0.25) is 0 Å². The number of carbonyl (C=O) groups is 1. The van der Waals surface area contributed by atoms with Crippen LogP contribution in [0.5, 0.6) is 0 Å². The molecule has 1 aliphatic heterocycles. The van der Waals surface area contributed by atoms with Gasteiger partial charge in [-0.25, -0.2) is 4.68 Å². The Hall–Kier alpha value is -2.75. The minimum absolute atomic E-state index is 0.0105. The van der Waals surface area contributed by atoms with Gasteiger partial charge in [0.1, 0.15) is 16.8 Å². The van der Waals surface area contributed by atoms with E-state index in [2.05, 4.69) is 10.3 Å². The third kappa shape index (κ3) is 3.91. The quantitative estimate of drug-likeness (QED) is 0.644. The van der Waals surface area contributed by atoms with Crippen LogP contribution < -0.4 is 0 Å². The Morgan fingerprint density at radius 3 is 2.64 bits per heavy atom. The van der Waals surface area contributed by atoms with Gasteiger partial charge in [-0.2, -0.15) is 13.2 Å². The lowest BCUT2D eigenvalue weighted by Crippen LogP contribution is -2.27. The first-order valence-electron chi connectivity index (χ1n) is 8.40. The van der Waals surface area contributed by atoms with Crippen LogP contribution in [0, 0.1) is 0 Å². The fourth-order valence-electron chi connectivity index (χ4n) is 2.93. The molecule has 0 bridgehead atoms. The molecule has 1 aromatic carbocycles. The predicted octanol–water partition coefficient (Wildman–Crippen LogP) is 3.71. The summed E-state index contributed by atoms with van der Waals surface area (Å²) in [7, 11) is 0. The van der Waals surface area contributed by atoms with E-state index in [0.29, 0.717) is 29.3 Å². The number of nitrogens with zero attached hydrogens (tertiary/aromatic N) is 4. The van der Waals surface area contributed by atoms with Gasteiger partial charge in [-0.05, 0) is 29.8 Å². The minimum atomic E-state index is -4.36. The van der Waals surface area contributed by atoms with Crippen molar-refractivity contribution in [1.82, 2.24) is 19.9 Å². The Kier molecular flexibility index (Phi) is 4.88. The molecule has 0 aliphatic carbocycles. The molecule has 1 saturated heterocycles. The first-order chi connectivity index (χ1) is 13.4. The fourth-order valence-corrected chi connectivity index (χ4v) is 4.05. The molecule has 1 aliphatic rings. The molecule has 6 nitrogen and oxygen atoms in total. The molecule has 0 spiro atoms. The lowest BCUT2D eigenvalue weighted by atomic mass is 10.1. The van der Waals surface area contributed by atoms with E-state index in [1.165, 1.54) is 23.9 Å². The predicted molar refractivity (Wildman–Crippen MR) is 95.0 cm³/mol. The molecule has 0 unspecified atom stereocenters. The van der Waals surface area contributed by atoms with Gasteiger partial charge in [0.05, 0.1) is 36.9 Å². The molecule has 0 N–H and O–H groups in total. The zero-order valence-electron chi connectivity index (χ0n) is 14.5. The second-order valence-electron chi connectivity index (χ2n) is 6.30. The number of aromatic nitrogens is 3. The Balaban J connectivity index is 1.47. The SMILES string of the molecule is O=C1CS[C@H](c2cn(Cc3ccc(C(F)(F)F)cc3)nn2)N1Cc1ccco1. The zero-order valence-corrected chi connectivity index (χ0v) is 15.3. The first-order valence-corrected chi connectivity index (χ1v) is 9.44. The number of benzene rings is 1. The van der Waals surface area contributed by atoms with E-state index < -0.39 is 11.7 Å². The summed E-state index contributed by atoms with van der Waals surface area (Å²) >= 11 is 1.45. The highest BCUT2D eigenvalue weighted by Gasteiger charge is 2.35. The van der Waals surface area contributed by atoms with Crippen molar-refractivity contribution in [2.75, 3.05) is 5.75 Å². The fraction of sp³-hybridized carbons (Fsp3) is 0.278. The van der Waals surface area contributed by atoms with Crippen molar-refractivity contribution in [2.45, 2.75) is 24.6 Å². The maximum absolute atomic E-state index is 12.7. The normalized spacial score (nSPS) is 17.5. The Bertz CT molecular complexity index is 954. The molecule has 1 fully saturated rings. The van der Waals surface area contributed by atoms with Crippen LogP contribution in [0.1, 0.15) is 28.0 Å². The molecule has 3 aromatic rings. The molecule has 3 heterocycles. The van der Waals surface area contributed by atoms with E-state index >= 15 is 0 Å². The number of thioether (sulfide) groups is 1. The van der Waals surface area contributed by atoms with Crippen molar-refractivity contribution in [1.29, 1.82) is 0 Å². The highest BCUT2D eigenvalue weighted by Crippen LogP contribution is 2.38. The molecule has 2 aromatic heterocycles. The third-order valence-electron chi connectivity index (χ3n) is 4.31. The van der Waals surface area contributed by atoms with Gasteiger partial charge in [0.25, 0.3) is 0 Å². The van der Waals surface area contributed by atoms with Gasteiger partial charge in [-0.1, -0.05) is 17.3 Å². The summed E-state index contributed by atoms with van der Waals surface area (Å²) < 4.78 is 44.8. The average molecular weight is 408 g/mol. The summed E-state index contributed by atoms with van der Waals surface area (Å²) in [5, 5.41) is 7.93. The Morgan fingerprint density at radius 2 is 1.96 bits per heavy atom. The van der Waals surface area contributed by atoms with Crippen LogP contribution in [-0.4, -0.2) is 31.6 Å². The number of furan rings is 1. The monoisotopic (exact) mass is 408 g/mol. The van der Waals surface area contributed by atoms with Gasteiger partial charge in [-0.3, -0.25) is 4.79 Å². The maximum atomic E-state index is 12.7. The number of amides is 1. The summed E-state index contributed by atoms with van der Waals surface area (Å²) in [5.74, 6) is 1.01. The molecule has 1 atom stereocenters. The summed E-state index contributed by atoms with van der Waals surface area (Å²) in [5.41, 5.74) is 0.603. The summed E-state index contributed by atoms with van der Waals surface area (Å²) in [6.45, 7) is 0.629. The molecule has 28 heavy (non-hydrogen) atoms. The van der Waals surface area contributed by atoms with E-state index in [-0.39, 0.29) is 17.8 Å². The van der Waals surface area contributed by atoms with Gasteiger partial charge in [0.15, 0.2) is 0 Å². The molecule has 0 radical (unpaired) electrons. The van der Waals surface area contributed by atoms with Crippen molar-refractivity contribution in [3.63, 3.8) is 0 Å². The van der Waals surface area contributed by atoms with Gasteiger partial charge < -0.3 is 9.32 Å². The summed E-state index contributed by atoms with van der Waals surface area (Å²) in [6, 6.07) is 8.49. The second kappa shape index (κ2) is 7.34. The molecular weight excluding hydrogens is 393 g/mol. The molecular formula is C18H15F3N4O2S. The number of carbonyl (C=O) groups excluding carboxylic acids is 1. The van der Waals surface area contributed by atoms with Gasteiger partial charge >= 0.3 is 6.18 Å². The number of hydrogen-bond acceptors (Lipinski definition) is 5. The number of hydrogen-bond donors (Lipinski definition) is 0. The largest absolute Gasteiger partial charge is 0.467 e. The van der Waals surface area contributed by atoms with E-state index in [0.717, 1.165) is 12.1 Å². The first kappa shape index (κ1) is 18.6. The van der Waals surface area contributed by atoms with E-state index in [4.69, 9.17) is 4.42 Å². The number of halogens is 3. The van der Waals surface area contributed by atoms with Crippen LogP contribution in [0.15, 0.2) is 53.3 Å². The van der Waals surface area contributed by atoms with Crippen LogP contribution in [0.3, 0.4) is 0 Å². The lowest BCUT2D eigenvalue weighted by Gasteiger charge is -2.20. The topological polar surface area (TPSA) is 64.2 Å². The molecule has 146 valence electrons. The molecule has 0 saturated carbocycles. The third-order valence-corrected chi connectivity index (χ3v) is 5.53. The van der Waals surface area contributed by atoms with E-state index in [1.54, 1.807) is 34.2 Å². The van der Waals surface area contributed by atoms with Crippen molar-refractivity contribution in [2.24, 2.45) is 0 Å². The van der Waals surface area contributed by atoms with Crippen molar-refractivity contribution < 1.29 is 22.4 Å². The van der Waals surface area contributed by atoms with Crippen molar-refractivity contribution >= 4 is 17.7 Å². The van der Waals surface area contributed by atoms with Crippen LogP contribution in [0.4, 0.5) is 13.2 Å². The molecule has 1 amide bonds. The number of rotatable bonds is 5. The summed E-state index contributed by atoms with van der Waals surface area (Å²) in [4.78, 5) is 13.9. The Morgan fingerprint density at radius 1 is 1.18 bits per heavy atom. The van der Waals surface area contributed by atoms with Gasteiger partial charge in [0, 0.05) is 0 Å². The summed E-state index contributed by atoms with van der Waals surface area (Å²) in [6.07, 6.45) is -1.09. The second-order valence-corrected chi connectivity index (χ2v) is 7.37. The highest BCUT2D eigenvalue weighted by molar-refractivity contribution is 8.00. The van der Waals surface area contributed by atoms with E-state index in [1.807, 2.05) is 0 Å². The molecule has 4 rings (SSSR count). The smallest absolute Gasteiger partial charge is 0.416 e. The van der Waals surface area contributed by atoms with Crippen LogP contribution in [0.25, 0.3) is 0 Å². The Labute approximate surface area is 162 Å². The van der Waals surface area contributed by atoms with Gasteiger partial charge in [-0.15, -0.1) is 16.9 Å². The maximum Gasteiger partial charge on any atom is 0.416 e. The lowest BCUT2D eigenvalue weighted by molar-refractivity contribution is -0.137.